The molecule has 0 heterocycles. The van der Waals surface area contributed by atoms with Crippen LogP contribution < -0.4 is 10.1 Å². The van der Waals surface area contributed by atoms with E-state index in [1.807, 2.05) is 78.9 Å². The predicted octanol–water partition coefficient (Wildman–Crippen LogP) is 7.35. The molecule has 0 bridgehead atoms. The number of amides is 1. The van der Waals surface area contributed by atoms with Gasteiger partial charge in [-0.3, -0.25) is 4.79 Å². The second-order valence-corrected chi connectivity index (χ2v) is 9.03. The number of carbonyl (C=O) groups is 2. The summed E-state index contributed by atoms with van der Waals surface area (Å²) in [6.45, 7) is 5.39. The van der Waals surface area contributed by atoms with Gasteiger partial charge in [-0.25, -0.2) is 4.79 Å². The smallest absolute Gasteiger partial charge is 0.340 e. The molecule has 0 spiro atoms. The summed E-state index contributed by atoms with van der Waals surface area (Å²) in [4.78, 5) is 26.1. The molecule has 0 aromatic heterocycles. The van der Waals surface area contributed by atoms with Crippen molar-refractivity contribution in [1.82, 2.24) is 0 Å². The van der Waals surface area contributed by atoms with Crippen LogP contribution in [0.15, 0.2) is 103 Å². The van der Waals surface area contributed by atoms with Crippen LogP contribution in [0.5, 0.6) is 11.5 Å². The van der Waals surface area contributed by atoms with E-state index in [9.17, 15) is 9.59 Å². The van der Waals surface area contributed by atoms with Gasteiger partial charge < -0.3 is 14.8 Å². The van der Waals surface area contributed by atoms with Gasteiger partial charge in [0.15, 0.2) is 0 Å². The maximum atomic E-state index is 13.2. The maximum Gasteiger partial charge on any atom is 0.340 e. The van der Waals surface area contributed by atoms with Gasteiger partial charge in [-0.15, -0.1) is 0 Å². The highest BCUT2D eigenvalue weighted by Gasteiger charge is 2.22. The van der Waals surface area contributed by atoms with Crippen molar-refractivity contribution in [3.63, 3.8) is 0 Å². The minimum atomic E-state index is -0.679. The number of anilines is 1. The van der Waals surface area contributed by atoms with Crippen molar-refractivity contribution in [1.29, 1.82) is 0 Å². The Morgan fingerprint density at radius 1 is 0.686 bits per heavy atom. The van der Waals surface area contributed by atoms with E-state index in [2.05, 4.69) is 5.32 Å². The largest absolute Gasteiger partial charge is 0.457 e. The topological polar surface area (TPSA) is 64.6 Å². The summed E-state index contributed by atoms with van der Waals surface area (Å²) in [5.74, 6) is 0.253. The monoisotopic (exact) mass is 465 g/mol. The fourth-order valence-corrected chi connectivity index (χ4v) is 3.49. The lowest BCUT2D eigenvalue weighted by molar-refractivity contribution is 0.00707. The zero-order valence-corrected chi connectivity index (χ0v) is 19.9. The number of hydrogen-bond acceptors (Lipinski definition) is 4. The highest BCUT2D eigenvalue weighted by atomic mass is 16.6. The number of carbonyl (C=O) groups excluding carboxylic acids is 2. The molecule has 0 atom stereocenters. The van der Waals surface area contributed by atoms with Gasteiger partial charge in [0.2, 0.25) is 0 Å². The van der Waals surface area contributed by atoms with Crippen LogP contribution in [-0.2, 0) is 4.74 Å². The Kier molecular flexibility index (Phi) is 6.97. The Bertz CT molecular complexity index is 1330. The number of benzene rings is 4. The first-order valence-corrected chi connectivity index (χ1v) is 11.4. The molecule has 35 heavy (non-hydrogen) atoms. The van der Waals surface area contributed by atoms with Crippen LogP contribution in [0.25, 0.3) is 11.1 Å². The summed E-state index contributed by atoms with van der Waals surface area (Å²) in [6, 6.07) is 31.4. The molecule has 0 aliphatic rings. The molecule has 4 rings (SSSR count). The summed E-state index contributed by atoms with van der Waals surface area (Å²) in [5, 5.41) is 2.88. The van der Waals surface area contributed by atoms with E-state index < -0.39 is 11.6 Å². The number of hydrogen-bond donors (Lipinski definition) is 1. The SMILES string of the molecule is CC(C)(C)OC(=O)c1ccc(Oc2ccccc2)cc1NC(=O)c1cccc(-c2ccccc2)c1. The van der Waals surface area contributed by atoms with Gasteiger partial charge in [-0.1, -0.05) is 60.7 Å². The average molecular weight is 466 g/mol. The van der Waals surface area contributed by atoms with E-state index in [1.165, 1.54) is 0 Å². The number of esters is 1. The second-order valence-electron chi connectivity index (χ2n) is 9.03. The average Bonchev–Trinajstić information content (AvgIpc) is 2.84. The number of ether oxygens (including phenoxy) is 2. The standard InChI is InChI=1S/C30H27NO4/c1-30(2,3)35-29(33)26-18-17-25(34-24-15-8-5-9-16-24)20-27(26)31-28(32)23-14-10-13-22(19-23)21-11-6-4-7-12-21/h4-20H,1-3H3,(H,31,32). The Hall–Kier alpha value is -4.38. The molecule has 0 fully saturated rings. The first-order chi connectivity index (χ1) is 16.8. The summed E-state index contributed by atoms with van der Waals surface area (Å²) in [6.07, 6.45) is 0. The molecule has 5 nitrogen and oxygen atoms in total. The Balaban J connectivity index is 1.65. The van der Waals surface area contributed by atoms with Crippen molar-refractivity contribution < 1.29 is 19.1 Å². The van der Waals surface area contributed by atoms with Gasteiger partial charge in [-0.05, 0) is 68.3 Å². The second kappa shape index (κ2) is 10.3. The van der Waals surface area contributed by atoms with Gasteiger partial charge in [0, 0.05) is 11.6 Å². The number of para-hydroxylation sites is 1. The fourth-order valence-electron chi connectivity index (χ4n) is 3.49. The molecule has 5 heteroatoms. The maximum absolute atomic E-state index is 13.2. The van der Waals surface area contributed by atoms with Gasteiger partial charge in [0.25, 0.3) is 5.91 Å². The van der Waals surface area contributed by atoms with Gasteiger partial charge in [-0.2, -0.15) is 0 Å². The molecule has 0 saturated carbocycles. The van der Waals surface area contributed by atoms with E-state index in [1.54, 1.807) is 45.0 Å². The van der Waals surface area contributed by atoms with Gasteiger partial charge in [0.05, 0.1) is 11.3 Å². The first-order valence-electron chi connectivity index (χ1n) is 11.4. The lowest BCUT2D eigenvalue weighted by atomic mass is 10.0. The minimum absolute atomic E-state index is 0.243. The Morgan fingerprint density at radius 2 is 1.34 bits per heavy atom. The molecular weight excluding hydrogens is 438 g/mol. The van der Waals surface area contributed by atoms with E-state index in [-0.39, 0.29) is 11.5 Å². The lowest BCUT2D eigenvalue weighted by Gasteiger charge is -2.21. The fraction of sp³-hybridized carbons (Fsp3) is 0.133. The van der Waals surface area contributed by atoms with Crippen molar-refractivity contribution in [3.8, 4) is 22.6 Å². The zero-order chi connectivity index (χ0) is 24.8. The molecule has 0 saturated heterocycles. The van der Waals surface area contributed by atoms with E-state index >= 15 is 0 Å². The van der Waals surface area contributed by atoms with Gasteiger partial charge in [0.1, 0.15) is 17.1 Å². The van der Waals surface area contributed by atoms with Crippen molar-refractivity contribution in [2.45, 2.75) is 26.4 Å². The molecule has 0 aliphatic heterocycles. The van der Waals surface area contributed by atoms with Crippen molar-refractivity contribution in [2.24, 2.45) is 0 Å². The number of nitrogens with one attached hydrogen (secondary N) is 1. The molecule has 1 N–H and O–H groups in total. The van der Waals surface area contributed by atoms with E-state index in [0.717, 1.165) is 11.1 Å². The highest BCUT2D eigenvalue weighted by molar-refractivity contribution is 6.08. The molecule has 0 unspecified atom stereocenters. The molecule has 176 valence electrons. The minimum Gasteiger partial charge on any atom is -0.457 e. The number of rotatable bonds is 6. The van der Waals surface area contributed by atoms with Crippen LogP contribution in [-0.4, -0.2) is 17.5 Å². The summed E-state index contributed by atoms with van der Waals surface area (Å²) in [7, 11) is 0. The Labute approximate surface area is 205 Å². The molecule has 4 aromatic rings. The molecule has 0 radical (unpaired) electrons. The highest BCUT2D eigenvalue weighted by Crippen LogP contribution is 2.29. The van der Waals surface area contributed by atoms with Crippen LogP contribution in [0, 0.1) is 0 Å². The van der Waals surface area contributed by atoms with Crippen LogP contribution in [0.4, 0.5) is 5.69 Å². The summed E-state index contributed by atoms with van der Waals surface area (Å²) < 4.78 is 11.5. The van der Waals surface area contributed by atoms with Gasteiger partial charge >= 0.3 is 5.97 Å². The van der Waals surface area contributed by atoms with E-state index in [0.29, 0.717) is 22.7 Å². The summed E-state index contributed by atoms with van der Waals surface area (Å²) in [5.41, 5.74) is 2.27. The molecule has 0 aliphatic carbocycles. The van der Waals surface area contributed by atoms with Crippen LogP contribution >= 0.6 is 0 Å². The summed E-state index contributed by atoms with van der Waals surface area (Å²) >= 11 is 0. The van der Waals surface area contributed by atoms with Crippen LogP contribution in [0.1, 0.15) is 41.5 Å². The third-order valence-corrected chi connectivity index (χ3v) is 5.07. The normalized spacial score (nSPS) is 10.9. The van der Waals surface area contributed by atoms with Crippen molar-refractivity contribution in [3.05, 3.63) is 114 Å². The van der Waals surface area contributed by atoms with Crippen molar-refractivity contribution in [2.75, 3.05) is 5.32 Å². The Morgan fingerprint density at radius 3 is 2.03 bits per heavy atom. The molecule has 4 aromatic carbocycles. The predicted molar refractivity (Wildman–Crippen MR) is 138 cm³/mol. The molecule has 1 amide bonds. The first kappa shape index (κ1) is 23.8. The lowest BCUT2D eigenvalue weighted by Crippen LogP contribution is -2.25. The van der Waals surface area contributed by atoms with Crippen LogP contribution in [0.2, 0.25) is 0 Å². The molecular formula is C30H27NO4. The van der Waals surface area contributed by atoms with E-state index in [4.69, 9.17) is 9.47 Å². The zero-order valence-electron chi connectivity index (χ0n) is 19.9. The quantitative estimate of drug-likeness (QED) is 0.302. The third kappa shape index (κ3) is 6.36. The van der Waals surface area contributed by atoms with Crippen molar-refractivity contribution >= 4 is 17.6 Å². The van der Waals surface area contributed by atoms with Crippen LogP contribution in [0.3, 0.4) is 0 Å². The third-order valence-electron chi connectivity index (χ3n) is 5.07.